The van der Waals surface area contributed by atoms with Crippen LogP contribution in [0.3, 0.4) is 0 Å². The molecule has 5 nitrogen and oxygen atoms in total. The molecule has 19 heavy (non-hydrogen) atoms. The number of hydrazone groups is 1. The zero-order valence-electron chi connectivity index (χ0n) is 9.74. The fourth-order valence-corrected chi connectivity index (χ4v) is 2.06. The van der Waals surface area contributed by atoms with Crippen LogP contribution in [0.15, 0.2) is 47.6 Å². The van der Waals surface area contributed by atoms with Crippen LogP contribution < -0.4 is 5.43 Å². The lowest BCUT2D eigenvalue weighted by atomic mass is 10.2. The molecule has 2 N–H and O–H groups in total. The van der Waals surface area contributed by atoms with Gasteiger partial charge in [-0.15, -0.1) is 11.3 Å². The Bertz CT molecular complexity index is 620. The predicted octanol–water partition coefficient (Wildman–Crippen LogP) is 2.21. The van der Waals surface area contributed by atoms with Gasteiger partial charge in [-0.05, 0) is 24.3 Å². The van der Waals surface area contributed by atoms with Crippen LogP contribution in [0.1, 0.15) is 24.9 Å². The van der Waals surface area contributed by atoms with Gasteiger partial charge in [-0.3, -0.25) is 4.79 Å². The van der Waals surface area contributed by atoms with Crippen LogP contribution in [0.4, 0.5) is 0 Å². The third kappa shape index (κ3) is 3.49. The number of hydrogen-bond acceptors (Lipinski definition) is 4. The van der Waals surface area contributed by atoms with Gasteiger partial charge in [0.15, 0.2) is 0 Å². The molecule has 0 atom stereocenters. The molecular formula is C13H10N2O3S. The standard InChI is InChI=1S/C13H10N2O3S/c16-12(9-4-2-1-3-5-9)15-14-8-10-6-7-11(19-10)13(17)18/h1-8H,(H,15,16)(H,17,18). The third-order valence-corrected chi connectivity index (χ3v) is 3.24. The molecule has 0 fully saturated rings. The Morgan fingerprint density at radius 1 is 1.16 bits per heavy atom. The normalized spacial score (nSPS) is 10.5. The molecule has 2 aromatic rings. The second-order valence-corrected chi connectivity index (χ2v) is 4.69. The maximum Gasteiger partial charge on any atom is 0.345 e. The molecule has 0 saturated heterocycles. The topological polar surface area (TPSA) is 78.8 Å². The summed E-state index contributed by atoms with van der Waals surface area (Å²) in [5.74, 6) is -1.29. The lowest BCUT2D eigenvalue weighted by Gasteiger charge is -1.97. The first kappa shape index (κ1) is 13.0. The van der Waals surface area contributed by atoms with Gasteiger partial charge in [0.25, 0.3) is 5.91 Å². The molecule has 96 valence electrons. The summed E-state index contributed by atoms with van der Waals surface area (Å²) in [5, 5.41) is 12.5. The van der Waals surface area contributed by atoms with Gasteiger partial charge in [0, 0.05) is 10.4 Å². The number of hydrogen-bond donors (Lipinski definition) is 2. The first-order chi connectivity index (χ1) is 9.16. The third-order valence-electron chi connectivity index (χ3n) is 2.23. The van der Waals surface area contributed by atoms with Crippen molar-refractivity contribution < 1.29 is 14.7 Å². The van der Waals surface area contributed by atoms with E-state index in [2.05, 4.69) is 10.5 Å². The van der Waals surface area contributed by atoms with Crippen molar-refractivity contribution in [1.29, 1.82) is 0 Å². The van der Waals surface area contributed by atoms with Gasteiger partial charge in [0.05, 0.1) is 6.21 Å². The minimum atomic E-state index is -0.974. The minimum Gasteiger partial charge on any atom is -0.477 e. The molecular weight excluding hydrogens is 264 g/mol. The number of nitrogens with zero attached hydrogens (tertiary/aromatic N) is 1. The van der Waals surface area contributed by atoms with Crippen LogP contribution in [-0.4, -0.2) is 23.2 Å². The number of carbonyl (C=O) groups excluding carboxylic acids is 1. The number of amides is 1. The lowest BCUT2D eigenvalue weighted by molar-refractivity contribution is 0.0702. The number of carbonyl (C=O) groups is 2. The van der Waals surface area contributed by atoms with E-state index < -0.39 is 5.97 Å². The van der Waals surface area contributed by atoms with Gasteiger partial charge in [0.1, 0.15) is 4.88 Å². The molecule has 0 unspecified atom stereocenters. The molecule has 0 bridgehead atoms. The van der Waals surface area contributed by atoms with Crippen molar-refractivity contribution in [3.05, 3.63) is 57.8 Å². The van der Waals surface area contributed by atoms with Gasteiger partial charge < -0.3 is 5.11 Å². The molecule has 0 saturated carbocycles. The number of aromatic carboxylic acids is 1. The van der Waals surface area contributed by atoms with E-state index in [0.29, 0.717) is 10.4 Å². The summed E-state index contributed by atoms with van der Waals surface area (Å²) in [7, 11) is 0. The highest BCUT2D eigenvalue weighted by Crippen LogP contribution is 2.14. The average molecular weight is 274 g/mol. The first-order valence-corrected chi connectivity index (χ1v) is 6.20. The van der Waals surface area contributed by atoms with Crippen LogP contribution >= 0.6 is 11.3 Å². The Morgan fingerprint density at radius 3 is 2.53 bits per heavy atom. The number of benzene rings is 1. The average Bonchev–Trinajstić information content (AvgIpc) is 2.89. The number of nitrogens with one attached hydrogen (secondary N) is 1. The van der Waals surface area contributed by atoms with E-state index in [4.69, 9.17) is 5.11 Å². The van der Waals surface area contributed by atoms with Gasteiger partial charge in [-0.1, -0.05) is 18.2 Å². The molecule has 0 aliphatic heterocycles. The van der Waals surface area contributed by atoms with Gasteiger partial charge in [0.2, 0.25) is 0 Å². The summed E-state index contributed by atoms with van der Waals surface area (Å²) in [6, 6.07) is 11.8. The molecule has 1 aromatic carbocycles. The van der Waals surface area contributed by atoms with Gasteiger partial charge >= 0.3 is 5.97 Å². The van der Waals surface area contributed by atoms with E-state index in [0.717, 1.165) is 11.3 Å². The Balaban J connectivity index is 1.96. The summed E-state index contributed by atoms with van der Waals surface area (Å²) < 4.78 is 0. The summed E-state index contributed by atoms with van der Waals surface area (Å²) in [4.78, 5) is 23.2. The van der Waals surface area contributed by atoms with E-state index >= 15 is 0 Å². The largest absolute Gasteiger partial charge is 0.477 e. The monoisotopic (exact) mass is 274 g/mol. The number of carboxylic acid groups (broad SMARTS) is 1. The predicted molar refractivity (Wildman–Crippen MR) is 72.8 cm³/mol. The molecule has 0 aliphatic carbocycles. The Kier molecular flexibility index (Phi) is 4.04. The van der Waals surface area contributed by atoms with Crippen molar-refractivity contribution in [2.24, 2.45) is 5.10 Å². The Morgan fingerprint density at radius 2 is 1.89 bits per heavy atom. The zero-order valence-corrected chi connectivity index (χ0v) is 10.6. The SMILES string of the molecule is O=C(NN=Cc1ccc(C(=O)O)s1)c1ccccc1. The second-order valence-electron chi connectivity index (χ2n) is 3.57. The second kappa shape index (κ2) is 5.92. The van der Waals surface area contributed by atoms with Crippen LogP contribution in [0.5, 0.6) is 0 Å². The van der Waals surface area contributed by atoms with E-state index in [1.54, 1.807) is 30.3 Å². The fraction of sp³-hybridized carbons (Fsp3) is 0. The quantitative estimate of drug-likeness (QED) is 0.662. The molecule has 1 amide bonds. The minimum absolute atomic E-state index is 0.232. The van der Waals surface area contributed by atoms with Crippen LogP contribution in [0.25, 0.3) is 0 Å². The summed E-state index contributed by atoms with van der Waals surface area (Å²) in [5.41, 5.74) is 2.89. The van der Waals surface area contributed by atoms with Gasteiger partial charge in [-0.25, -0.2) is 10.2 Å². The highest BCUT2D eigenvalue weighted by atomic mass is 32.1. The van der Waals surface area contributed by atoms with Crippen molar-refractivity contribution in [3.8, 4) is 0 Å². The molecule has 0 spiro atoms. The smallest absolute Gasteiger partial charge is 0.345 e. The van der Waals surface area contributed by atoms with E-state index in [-0.39, 0.29) is 10.8 Å². The number of thiophene rings is 1. The molecule has 0 radical (unpaired) electrons. The highest BCUT2D eigenvalue weighted by molar-refractivity contribution is 7.15. The zero-order chi connectivity index (χ0) is 13.7. The highest BCUT2D eigenvalue weighted by Gasteiger charge is 2.05. The maximum absolute atomic E-state index is 11.6. The fourth-order valence-electron chi connectivity index (χ4n) is 1.35. The van der Waals surface area contributed by atoms with Crippen molar-refractivity contribution in [2.75, 3.05) is 0 Å². The molecule has 2 rings (SSSR count). The molecule has 1 aromatic heterocycles. The van der Waals surface area contributed by atoms with Crippen molar-refractivity contribution in [2.45, 2.75) is 0 Å². The summed E-state index contributed by atoms with van der Waals surface area (Å²) in [6.45, 7) is 0. The van der Waals surface area contributed by atoms with Gasteiger partial charge in [-0.2, -0.15) is 5.10 Å². The van der Waals surface area contributed by atoms with Crippen LogP contribution in [0, 0.1) is 0 Å². The van der Waals surface area contributed by atoms with Crippen LogP contribution in [0.2, 0.25) is 0 Å². The molecule has 6 heteroatoms. The van der Waals surface area contributed by atoms with Crippen molar-refractivity contribution in [3.63, 3.8) is 0 Å². The summed E-state index contributed by atoms with van der Waals surface area (Å²) in [6.07, 6.45) is 1.41. The molecule has 1 heterocycles. The van der Waals surface area contributed by atoms with E-state index in [1.807, 2.05) is 6.07 Å². The summed E-state index contributed by atoms with van der Waals surface area (Å²) >= 11 is 1.09. The Hall–Kier alpha value is -2.47. The number of rotatable bonds is 4. The van der Waals surface area contributed by atoms with Crippen molar-refractivity contribution >= 4 is 29.4 Å². The van der Waals surface area contributed by atoms with Crippen LogP contribution in [-0.2, 0) is 0 Å². The lowest BCUT2D eigenvalue weighted by Crippen LogP contribution is -2.17. The van der Waals surface area contributed by atoms with E-state index in [9.17, 15) is 9.59 Å². The van der Waals surface area contributed by atoms with Crippen molar-refractivity contribution in [1.82, 2.24) is 5.43 Å². The van der Waals surface area contributed by atoms with E-state index in [1.165, 1.54) is 12.3 Å². The maximum atomic E-state index is 11.6. The Labute approximate surface area is 113 Å². The molecule has 0 aliphatic rings. The first-order valence-electron chi connectivity index (χ1n) is 5.38. The number of carboxylic acids is 1.